The van der Waals surface area contributed by atoms with Crippen LogP contribution in [-0.4, -0.2) is 5.11 Å². The second kappa shape index (κ2) is 7.23. The molecule has 2 nitrogen and oxygen atoms in total. The van der Waals surface area contributed by atoms with Gasteiger partial charge in [0.15, 0.2) is 5.11 Å². The van der Waals surface area contributed by atoms with Crippen molar-refractivity contribution in [3.8, 4) is 0 Å². The first kappa shape index (κ1) is 15.5. The van der Waals surface area contributed by atoms with Crippen LogP contribution < -0.4 is 10.6 Å². The summed E-state index contributed by atoms with van der Waals surface area (Å²) >= 11 is 5.44. The fourth-order valence-electron chi connectivity index (χ4n) is 2.43. The lowest BCUT2D eigenvalue weighted by molar-refractivity contribution is 0.625. The third-order valence-electron chi connectivity index (χ3n) is 3.55. The van der Waals surface area contributed by atoms with Gasteiger partial charge in [-0.1, -0.05) is 43.3 Å². The summed E-state index contributed by atoms with van der Waals surface area (Å²) in [6.07, 6.45) is 0.987. The molecule has 21 heavy (non-hydrogen) atoms. The predicted octanol–water partition coefficient (Wildman–Crippen LogP) is 4.74. The second-order valence-electron chi connectivity index (χ2n) is 5.29. The molecule has 0 saturated heterocycles. The highest BCUT2D eigenvalue weighted by atomic mass is 32.1. The van der Waals surface area contributed by atoms with Crippen LogP contribution in [0.2, 0.25) is 0 Å². The van der Waals surface area contributed by atoms with Gasteiger partial charge >= 0.3 is 0 Å². The Balaban J connectivity index is 2.05. The number of thiocarbonyl (C=S) groups is 1. The van der Waals surface area contributed by atoms with E-state index in [1.54, 1.807) is 0 Å². The van der Waals surface area contributed by atoms with Crippen molar-refractivity contribution in [3.05, 3.63) is 65.2 Å². The third-order valence-corrected chi connectivity index (χ3v) is 3.77. The maximum absolute atomic E-state index is 5.44. The van der Waals surface area contributed by atoms with Crippen LogP contribution in [0.5, 0.6) is 0 Å². The largest absolute Gasteiger partial charge is 0.356 e. The lowest BCUT2D eigenvalue weighted by Crippen LogP contribution is -2.32. The van der Waals surface area contributed by atoms with Crippen LogP contribution in [0.15, 0.2) is 48.5 Å². The summed E-state index contributed by atoms with van der Waals surface area (Å²) in [5, 5.41) is 7.33. The van der Waals surface area contributed by atoms with Crippen molar-refractivity contribution in [1.29, 1.82) is 0 Å². The molecule has 110 valence electrons. The predicted molar refractivity (Wildman–Crippen MR) is 94.7 cm³/mol. The first-order valence-corrected chi connectivity index (χ1v) is 7.70. The van der Waals surface area contributed by atoms with Gasteiger partial charge < -0.3 is 10.6 Å². The van der Waals surface area contributed by atoms with Crippen LogP contribution >= 0.6 is 12.2 Å². The summed E-state index contributed by atoms with van der Waals surface area (Å²) in [7, 11) is 0. The standard InChI is InChI=1S/C18H22N2S/c1-4-17(16-11-6-5-9-14(16)3)20-18(21)19-15-10-7-8-13(2)12-15/h5-12,17H,4H2,1-3H3,(H2,19,20,21)/t17-/m1/s1. The first-order chi connectivity index (χ1) is 10.1. The summed E-state index contributed by atoms with van der Waals surface area (Å²) in [4.78, 5) is 0. The van der Waals surface area contributed by atoms with Crippen LogP contribution in [-0.2, 0) is 0 Å². The van der Waals surface area contributed by atoms with E-state index in [1.165, 1.54) is 16.7 Å². The summed E-state index contributed by atoms with van der Waals surface area (Å²) < 4.78 is 0. The van der Waals surface area contributed by atoms with E-state index in [2.05, 4.69) is 67.8 Å². The molecule has 0 heterocycles. The number of rotatable bonds is 4. The zero-order valence-corrected chi connectivity index (χ0v) is 13.6. The number of benzene rings is 2. The molecule has 0 aliphatic heterocycles. The average Bonchev–Trinajstić information content (AvgIpc) is 2.45. The van der Waals surface area contributed by atoms with Gasteiger partial charge in [0.1, 0.15) is 0 Å². The number of anilines is 1. The van der Waals surface area contributed by atoms with Crippen LogP contribution in [0.1, 0.15) is 36.1 Å². The molecule has 0 aromatic heterocycles. The number of hydrogen-bond donors (Lipinski definition) is 2. The van der Waals surface area contributed by atoms with Crippen molar-refractivity contribution in [2.24, 2.45) is 0 Å². The Morgan fingerprint density at radius 1 is 1.10 bits per heavy atom. The molecule has 2 aromatic rings. The van der Waals surface area contributed by atoms with E-state index in [4.69, 9.17) is 12.2 Å². The van der Waals surface area contributed by atoms with Crippen LogP contribution in [0.25, 0.3) is 0 Å². The van der Waals surface area contributed by atoms with Gasteiger partial charge in [-0.15, -0.1) is 0 Å². The Labute approximate surface area is 132 Å². The summed E-state index contributed by atoms with van der Waals surface area (Å²) in [5.74, 6) is 0. The molecule has 0 aliphatic carbocycles. The summed E-state index contributed by atoms with van der Waals surface area (Å²) in [5.41, 5.74) is 4.82. The van der Waals surface area contributed by atoms with Gasteiger partial charge in [0, 0.05) is 5.69 Å². The van der Waals surface area contributed by atoms with Gasteiger partial charge in [0.25, 0.3) is 0 Å². The van der Waals surface area contributed by atoms with E-state index < -0.39 is 0 Å². The second-order valence-corrected chi connectivity index (χ2v) is 5.69. The van der Waals surface area contributed by atoms with Crippen molar-refractivity contribution in [2.75, 3.05) is 5.32 Å². The third kappa shape index (κ3) is 4.30. The van der Waals surface area contributed by atoms with Gasteiger partial charge in [-0.3, -0.25) is 0 Å². The molecular formula is C18H22N2S. The van der Waals surface area contributed by atoms with E-state index in [0.29, 0.717) is 5.11 Å². The lowest BCUT2D eigenvalue weighted by Gasteiger charge is -2.21. The van der Waals surface area contributed by atoms with Crippen molar-refractivity contribution < 1.29 is 0 Å². The zero-order chi connectivity index (χ0) is 15.2. The molecule has 0 unspecified atom stereocenters. The minimum absolute atomic E-state index is 0.232. The normalized spacial score (nSPS) is 11.8. The maximum Gasteiger partial charge on any atom is 0.171 e. The lowest BCUT2D eigenvalue weighted by atomic mass is 10.00. The van der Waals surface area contributed by atoms with Crippen molar-refractivity contribution >= 4 is 23.0 Å². The molecule has 0 spiro atoms. The van der Waals surface area contributed by atoms with Crippen molar-refractivity contribution in [2.45, 2.75) is 33.2 Å². The molecular weight excluding hydrogens is 276 g/mol. The van der Waals surface area contributed by atoms with E-state index in [-0.39, 0.29) is 6.04 Å². The topological polar surface area (TPSA) is 24.1 Å². The first-order valence-electron chi connectivity index (χ1n) is 7.30. The average molecular weight is 298 g/mol. The quantitative estimate of drug-likeness (QED) is 0.797. The molecule has 0 bridgehead atoms. The van der Waals surface area contributed by atoms with E-state index in [0.717, 1.165) is 12.1 Å². The summed E-state index contributed by atoms with van der Waals surface area (Å²) in [6, 6.07) is 16.9. The zero-order valence-electron chi connectivity index (χ0n) is 12.8. The smallest absolute Gasteiger partial charge is 0.171 e. The molecule has 0 amide bonds. The van der Waals surface area contributed by atoms with Crippen LogP contribution in [0.4, 0.5) is 5.69 Å². The van der Waals surface area contributed by atoms with E-state index in [9.17, 15) is 0 Å². The molecule has 2 rings (SSSR count). The molecule has 2 N–H and O–H groups in total. The number of nitrogens with one attached hydrogen (secondary N) is 2. The monoisotopic (exact) mass is 298 g/mol. The molecule has 0 aliphatic rings. The van der Waals surface area contributed by atoms with Gasteiger partial charge in [0.05, 0.1) is 6.04 Å². The van der Waals surface area contributed by atoms with Gasteiger partial charge in [0.2, 0.25) is 0 Å². The van der Waals surface area contributed by atoms with Gasteiger partial charge in [-0.05, 0) is 61.3 Å². The Kier molecular flexibility index (Phi) is 5.34. The molecule has 0 saturated carbocycles. The minimum Gasteiger partial charge on any atom is -0.356 e. The SMILES string of the molecule is CC[C@@H](NC(=S)Nc1cccc(C)c1)c1ccccc1C. The molecule has 0 fully saturated rings. The highest BCUT2D eigenvalue weighted by Gasteiger charge is 2.12. The highest BCUT2D eigenvalue weighted by Crippen LogP contribution is 2.20. The number of hydrogen-bond acceptors (Lipinski definition) is 1. The fourth-order valence-corrected chi connectivity index (χ4v) is 2.69. The van der Waals surface area contributed by atoms with Crippen molar-refractivity contribution in [3.63, 3.8) is 0 Å². The summed E-state index contributed by atoms with van der Waals surface area (Å²) in [6.45, 7) is 6.37. The van der Waals surface area contributed by atoms with E-state index >= 15 is 0 Å². The molecule has 3 heteroatoms. The van der Waals surface area contributed by atoms with Crippen LogP contribution in [0.3, 0.4) is 0 Å². The molecule has 1 atom stereocenters. The highest BCUT2D eigenvalue weighted by molar-refractivity contribution is 7.80. The maximum atomic E-state index is 5.44. The number of aryl methyl sites for hydroxylation is 2. The van der Waals surface area contributed by atoms with Crippen molar-refractivity contribution in [1.82, 2.24) is 5.32 Å². The Hall–Kier alpha value is -1.87. The van der Waals surface area contributed by atoms with Gasteiger partial charge in [-0.2, -0.15) is 0 Å². The Morgan fingerprint density at radius 3 is 2.52 bits per heavy atom. The Bertz CT molecular complexity index is 622. The van der Waals surface area contributed by atoms with E-state index in [1.807, 2.05) is 12.1 Å². The molecule has 2 aromatic carbocycles. The fraction of sp³-hybridized carbons (Fsp3) is 0.278. The Morgan fingerprint density at radius 2 is 1.86 bits per heavy atom. The molecule has 0 radical (unpaired) electrons. The van der Waals surface area contributed by atoms with Crippen LogP contribution in [0, 0.1) is 13.8 Å². The van der Waals surface area contributed by atoms with Gasteiger partial charge in [-0.25, -0.2) is 0 Å². The minimum atomic E-state index is 0.232.